The lowest BCUT2D eigenvalue weighted by atomic mass is 10.1. The highest BCUT2D eigenvalue weighted by Crippen LogP contribution is 2.18. The molecule has 3 rings (SSSR count). The van der Waals surface area contributed by atoms with Crippen LogP contribution in [0.5, 0.6) is 0 Å². The number of hydrogen-bond donors (Lipinski definition) is 0. The van der Waals surface area contributed by atoms with Crippen LogP contribution >= 0.6 is 0 Å². The average Bonchev–Trinajstić information content (AvgIpc) is 2.65. The van der Waals surface area contributed by atoms with Gasteiger partial charge in [-0.15, -0.1) is 0 Å². The van der Waals surface area contributed by atoms with Crippen molar-refractivity contribution in [3.63, 3.8) is 0 Å². The van der Waals surface area contributed by atoms with E-state index in [1.807, 2.05) is 0 Å². The van der Waals surface area contributed by atoms with E-state index in [2.05, 4.69) is 60.0 Å². The molecular formula is C13H11N. The molecule has 0 bridgehead atoms. The Hall–Kier alpha value is -1.76. The molecule has 0 aliphatic rings. The molecule has 1 nitrogen and oxygen atoms in total. The minimum atomic E-state index is 1.25. The molecule has 0 spiro atoms. The van der Waals surface area contributed by atoms with Gasteiger partial charge in [-0.25, -0.2) is 0 Å². The van der Waals surface area contributed by atoms with E-state index in [0.717, 1.165) is 0 Å². The van der Waals surface area contributed by atoms with Crippen molar-refractivity contribution < 1.29 is 0 Å². The van der Waals surface area contributed by atoms with Crippen LogP contribution in [0.15, 0.2) is 48.7 Å². The molecule has 1 heteroatoms. The first kappa shape index (κ1) is 7.63. The lowest BCUT2D eigenvalue weighted by molar-refractivity contribution is 1.27. The normalized spacial score (nSPS) is 11.2. The molecule has 0 radical (unpaired) electrons. The Kier molecular flexibility index (Phi) is 1.42. The second-order valence-electron chi connectivity index (χ2n) is 3.70. The van der Waals surface area contributed by atoms with Crippen LogP contribution < -0.4 is 0 Å². The summed E-state index contributed by atoms with van der Waals surface area (Å²) in [6, 6.07) is 15.1. The fourth-order valence-electron chi connectivity index (χ4n) is 1.95. The summed E-state index contributed by atoms with van der Waals surface area (Å²) in [7, 11) is 0. The molecule has 14 heavy (non-hydrogen) atoms. The SMILES string of the molecule is Cc1ccc2c(ccc3cccn32)c1. The zero-order valence-electron chi connectivity index (χ0n) is 8.07. The summed E-state index contributed by atoms with van der Waals surface area (Å²) >= 11 is 0. The molecule has 2 heterocycles. The van der Waals surface area contributed by atoms with E-state index in [4.69, 9.17) is 0 Å². The lowest BCUT2D eigenvalue weighted by Gasteiger charge is -2.03. The van der Waals surface area contributed by atoms with E-state index < -0.39 is 0 Å². The largest absolute Gasteiger partial charge is 0.317 e. The predicted molar refractivity (Wildman–Crippen MR) is 59.6 cm³/mol. The molecule has 0 atom stereocenters. The fourth-order valence-corrected chi connectivity index (χ4v) is 1.95. The van der Waals surface area contributed by atoms with Gasteiger partial charge in [-0.1, -0.05) is 17.7 Å². The van der Waals surface area contributed by atoms with Crippen molar-refractivity contribution in [2.24, 2.45) is 0 Å². The number of hydrogen-bond acceptors (Lipinski definition) is 0. The first-order valence-electron chi connectivity index (χ1n) is 4.81. The Bertz CT molecular complexity index is 605. The van der Waals surface area contributed by atoms with Crippen LogP contribution in [-0.2, 0) is 0 Å². The Morgan fingerprint density at radius 2 is 1.93 bits per heavy atom. The van der Waals surface area contributed by atoms with Gasteiger partial charge in [0.25, 0.3) is 0 Å². The summed E-state index contributed by atoms with van der Waals surface area (Å²) in [6.07, 6.45) is 2.10. The predicted octanol–water partition coefficient (Wildman–Crippen LogP) is 3.40. The third-order valence-corrected chi connectivity index (χ3v) is 2.66. The highest BCUT2D eigenvalue weighted by molar-refractivity contribution is 5.83. The van der Waals surface area contributed by atoms with Gasteiger partial charge in [-0.2, -0.15) is 0 Å². The van der Waals surface area contributed by atoms with E-state index in [-0.39, 0.29) is 0 Å². The molecule has 0 aliphatic heterocycles. The van der Waals surface area contributed by atoms with Crippen LogP contribution in [0.4, 0.5) is 0 Å². The van der Waals surface area contributed by atoms with Gasteiger partial charge in [-0.05, 0) is 42.6 Å². The maximum Gasteiger partial charge on any atom is 0.0528 e. The number of benzene rings is 1. The number of rotatable bonds is 0. The van der Waals surface area contributed by atoms with Crippen LogP contribution in [0.1, 0.15) is 5.56 Å². The number of pyridine rings is 1. The molecule has 0 saturated carbocycles. The monoisotopic (exact) mass is 181 g/mol. The van der Waals surface area contributed by atoms with Crippen LogP contribution in [0.3, 0.4) is 0 Å². The van der Waals surface area contributed by atoms with E-state index in [1.54, 1.807) is 0 Å². The van der Waals surface area contributed by atoms with Gasteiger partial charge in [0.15, 0.2) is 0 Å². The summed E-state index contributed by atoms with van der Waals surface area (Å²) in [5, 5.41) is 1.30. The molecule has 3 aromatic rings. The first-order valence-corrected chi connectivity index (χ1v) is 4.81. The summed E-state index contributed by atoms with van der Waals surface area (Å²) in [4.78, 5) is 0. The average molecular weight is 181 g/mol. The summed E-state index contributed by atoms with van der Waals surface area (Å²) < 4.78 is 2.22. The van der Waals surface area contributed by atoms with Gasteiger partial charge in [0.05, 0.1) is 5.52 Å². The maximum atomic E-state index is 2.22. The lowest BCUT2D eigenvalue weighted by Crippen LogP contribution is -1.85. The molecule has 0 amide bonds. The third-order valence-electron chi connectivity index (χ3n) is 2.66. The summed E-state index contributed by atoms with van der Waals surface area (Å²) in [5.74, 6) is 0. The van der Waals surface area contributed by atoms with Gasteiger partial charge in [0.1, 0.15) is 0 Å². The molecule has 0 aliphatic carbocycles. The number of aromatic nitrogens is 1. The van der Waals surface area contributed by atoms with Gasteiger partial charge in [0, 0.05) is 11.7 Å². The molecule has 2 aromatic heterocycles. The Balaban J connectivity index is 2.57. The molecule has 0 fully saturated rings. The van der Waals surface area contributed by atoms with Crippen LogP contribution in [0.25, 0.3) is 16.4 Å². The quantitative estimate of drug-likeness (QED) is 0.500. The van der Waals surface area contributed by atoms with Gasteiger partial charge in [-0.3, -0.25) is 0 Å². The maximum absolute atomic E-state index is 2.22. The molecule has 1 aromatic carbocycles. The van der Waals surface area contributed by atoms with E-state index in [0.29, 0.717) is 0 Å². The first-order chi connectivity index (χ1) is 6.84. The summed E-state index contributed by atoms with van der Waals surface area (Å²) in [5.41, 5.74) is 3.84. The van der Waals surface area contributed by atoms with E-state index in [9.17, 15) is 0 Å². The second-order valence-corrected chi connectivity index (χ2v) is 3.70. The van der Waals surface area contributed by atoms with Crippen LogP contribution in [0, 0.1) is 6.92 Å². The smallest absolute Gasteiger partial charge is 0.0528 e. The third kappa shape index (κ3) is 0.956. The molecule has 0 unspecified atom stereocenters. The van der Waals surface area contributed by atoms with Crippen molar-refractivity contribution >= 4 is 16.4 Å². The standard InChI is InChI=1S/C13H11N/c1-10-4-7-13-11(9-10)5-6-12-3-2-8-14(12)13/h2-9H,1H3. The van der Waals surface area contributed by atoms with Crippen molar-refractivity contribution in [2.75, 3.05) is 0 Å². The number of aryl methyl sites for hydroxylation is 1. The number of fused-ring (bicyclic) bond motifs is 3. The zero-order chi connectivity index (χ0) is 9.54. The van der Waals surface area contributed by atoms with E-state index >= 15 is 0 Å². The zero-order valence-corrected chi connectivity index (χ0v) is 8.07. The topological polar surface area (TPSA) is 4.41 Å². The van der Waals surface area contributed by atoms with Crippen LogP contribution in [0.2, 0.25) is 0 Å². The van der Waals surface area contributed by atoms with Gasteiger partial charge in [0.2, 0.25) is 0 Å². The van der Waals surface area contributed by atoms with Crippen LogP contribution in [-0.4, -0.2) is 4.40 Å². The molecule has 68 valence electrons. The highest BCUT2D eigenvalue weighted by atomic mass is 14.9. The Morgan fingerprint density at radius 1 is 1.00 bits per heavy atom. The van der Waals surface area contributed by atoms with Crippen molar-refractivity contribution in [1.29, 1.82) is 0 Å². The van der Waals surface area contributed by atoms with E-state index in [1.165, 1.54) is 22.0 Å². The summed E-state index contributed by atoms with van der Waals surface area (Å²) in [6.45, 7) is 2.12. The minimum absolute atomic E-state index is 1.25. The molecular weight excluding hydrogens is 170 g/mol. The second kappa shape index (κ2) is 2.61. The molecule has 0 N–H and O–H groups in total. The van der Waals surface area contributed by atoms with Crippen molar-refractivity contribution in [2.45, 2.75) is 6.92 Å². The Labute approximate surface area is 82.6 Å². The van der Waals surface area contributed by atoms with Crippen molar-refractivity contribution in [1.82, 2.24) is 4.40 Å². The van der Waals surface area contributed by atoms with Crippen molar-refractivity contribution in [3.05, 3.63) is 54.2 Å². The highest BCUT2D eigenvalue weighted by Gasteiger charge is 1.98. The fraction of sp³-hybridized carbons (Fsp3) is 0.0769. The molecule has 0 saturated heterocycles. The Morgan fingerprint density at radius 3 is 2.86 bits per heavy atom. The van der Waals surface area contributed by atoms with Gasteiger partial charge >= 0.3 is 0 Å². The van der Waals surface area contributed by atoms with Crippen molar-refractivity contribution in [3.8, 4) is 0 Å². The number of nitrogens with zero attached hydrogens (tertiary/aromatic N) is 1. The minimum Gasteiger partial charge on any atom is -0.317 e. The van der Waals surface area contributed by atoms with Gasteiger partial charge < -0.3 is 4.40 Å².